The van der Waals surface area contributed by atoms with E-state index in [1.807, 2.05) is 48.5 Å². The monoisotopic (exact) mass is 293 g/mol. The highest BCUT2D eigenvalue weighted by molar-refractivity contribution is 5.92. The number of carbonyl (C=O) groups is 1. The highest BCUT2D eigenvalue weighted by Gasteiger charge is 2.31. The van der Waals surface area contributed by atoms with Gasteiger partial charge in [0.25, 0.3) is 0 Å². The van der Waals surface area contributed by atoms with Crippen LogP contribution >= 0.6 is 0 Å². The molecule has 110 valence electrons. The third-order valence-electron chi connectivity index (χ3n) is 4.00. The van der Waals surface area contributed by atoms with Crippen LogP contribution in [-0.2, 0) is 6.42 Å². The third kappa shape index (κ3) is 1.94. The van der Waals surface area contributed by atoms with Crippen LogP contribution in [0.3, 0.4) is 0 Å². The van der Waals surface area contributed by atoms with Gasteiger partial charge in [0.2, 0.25) is 0 Å². The van der Waals surface area contributed by atoms with Gasteiger partial charge in [-0.25, -0.2) is 14.3 Å². The summed E-state index contributed by atoms with van der Waals surface area (Å²) in [5, 5.41) is 3.00. The Morgan fingerprint density at radius 2 is 1.95 bits per heavy atom. The number of amides is 1. The molecule has 0 bridgehead atoms. The molecule has 0 fully saturated rings. The molecule has 5 nitrogen and oxygen atoms in total. The summed E-state index contributed by atoms with van der Waals surface area (Å²) in [6.07, 6.45) is 0.707. The summed E-state index contributed by atoms with van der Waals surface area (Å²) in [5.74, 6) is 1.61. The molecule has 0 saturated carbocycles. The predicted octanol–water partition coefficient (Wildman–Crippen LogP) is 2.90. The molecule has 1 aliphatic rings. The number of rotatable bonds is 3. The van der Waals surface area contributed by atoms with E-state index in [2.05, 4.69) is 10.3 Å². The fourth-order valence-corrected chi connectivity index (χ4v) is 2.91. The number of benzene rings is 2. The maximum atomic E-state index is 12.2. The standard InChI is InChI=1S/C17H15N3O2/c1-22-12-8-6-11(7-9-12)10-14-16-18-13-4-2-3-5-15(13)20(16)17(21)19-14/h2-9,14H,10H2,1H3,(H,19,21)/t14-/m0/s1. The van der Waals surface area contributed by atoms with Crippen molar-refractivity contribution in [2.75, 3.05) is 7.11 Å². The number of imidazole rings is 1. The first-order chi connectivity index (χ1) is 10.8. The van der Waals surface area contributed by atoms with Gasteiger partial charge in [0, 0.05) is 0 Å². The number of para-hydroxylation sites is 2. The van der Waals surface area contributed by atoms with Gasteiger partial charge in [0.05, 0.1) is 24.2 Å². The van der Waals surface area contributed by atoms with Crippen LogP contribution < -0.4 is 10.1 Å². The number of nitrogens with zero attached hydrogens (tertiary/aromatic N) is 2. The summed E-state index contributed by atoms with van der Waals surface area (Å²) in [4.78, 5) is 16.8. The van der Waals surface area contributed by atoms with Gasteiger partial charge >= 0.3 is 6.03 Å². The van der Waals surface area contributed by atoms with Gasteiger partial charge in [-0.1, -0.05) is 24.3 Å². The Bertz CT molecular complexity index is 852. The summed E-state index contributed by atoms with van der Waals surface area (Å²) >= 11 is 0. The van der Waals surface area contributed by atoms with Crippen molar-refractivity contribution in [3.63, 3.8) is 0 Å². The fourth-order valence-electron chi connectivity index (χ4n) is 2.91. The topological polar surface area (TPSA) is 56.1 Å². The van der Waals surface area contributed by atoms with Crippen LogP contribution in [0.25, 0.3) is 11.0 Å². The molecule has 5 heteroatoms. The Morgan fingerprint density at radius 3 is 2.73 bits per heavy atom. The Kier molecular flexibility index (Phi) is 2.85. The van der Waals surface area contributed by atoms with Crippen LogP contribution in [0.2, 0.25) is 0 Å². The molecule has 0 spiro atoms. The van der Waals surface area contributed by atoms with Crippen LogP contribution in [0.4, 0.5) is 4.79 Å². The summed E-state index contributed by atoms with van der Waals surface area (Å²) < 4.78 is 6.84. The van der Waals surface area contributed by atoms with Crippen molar-refractivity contribution in [2.24, 2.45) is 0 Å². The van der Waals surface area contributed by atoms with Crippen LogP contribution in [0.1, 0.15) is 17.4 Å². The predicted molar refractivity (Wildman–Crippen MR) is 83.1 cm³/mol. The first-order valence-corrected chi connectivity index (χ1v) is 7.17. The largest absolute Gasteiger partial charge is 0.497 e. The molecule has 1 amide bonds. The summed E-state index contributed by atoms with van der Waals surface area (Å²) in [7, 11) is 1.65. The number of methoxy groups -OCH3 is 1. The Balaban J connectivity index is 1.69. The van der Waals surface area contributed by atoms with Crippen molar-refractivity contribution in [1.82, 2.24) is 14.9 Å². The Morgan fingerprint density at radius 1 is 1.18 bits per heavy atom. The van der Waals surface area contributed by atoms with Gasteiger partial charge < -0.3 is 10.1 Å². The quantitative estimate of drug-likeness (QED) is 0.808. The highest BCUT2D eigenvalue weighted by atomic mass is 16.5. The SMILES string of the molecule is COc1ccc(C[C@@H]2NC(=O)n3c2nc2ccccc23)cc1. The van der Waals surface area contributed by atoms with Gasteiger partial charge in [-0.2, -0.15) is 0 Å². The molecule has 0 saturated heterocycles. The van der Waals surface area contributed by atoms with Gasteiger partial charge in [0.1, 0.15) is 11.6 Å². The van der Waals surface area contributed by atoms with E-state index < -0.39 is 0 Å². The molecule has 1 aromatic heterocycles. The van der Waals surface area contributed by atoms with E-state index in [0.717, 1.165) is 28.2 Å². The number of carbonyl (C=O) groups excluding carboxylic acids is 1. The second-order valence-electron chi connectivity index (χ2n) is 5.35. The first kappa shape index (κ1) is 12.9. The second kappa shape index (κ2) is 4.87. The number of fused-ring (bicyclic) bond motifs is 3. The van der Waals surface area contributed by atoms with Gasteiger partial charge in [-0.3, -0.25) is 0 Å². The summed E-state index contributed by atoms with van der Waals surface area (Å²) in [6, 6.07) is 15.4. The minimum absolute atomic E-state index is 0.103. The molecule has 0 unspecified atom stereocenters. The van der Waals surface area contributed by atoms with E-state index in [9.17, 15) is 4.79 Å². The summed E-state index contributed by atoms with van der Waals surface area (Å²) in [5.41, 5.74) is 2.84. The van der Waals surface area contributed by atoms with Crippen LogP contribution in [0.15, 0.2) is 48.5 Å². The molecule has 3 aromatic rings. The van der Waals surface area contributed by atoms with E-state index in [0.29, 0.717) is 6.42 Å². The van der Waals surface area contributed by atoms with Crippen molar-refractivity contribution in [1.29, 1.82) is 0 Å². The molecule has 1 atom stereocenters. The number of hydrogen-bond acceptors (Lipinski definition) is 3. The van der Waals surface area contributed by atoms with E-state index in [-0.39, 0.29) is 12.1 Å². The average Bonchev–Trinajstić information content (AvgIpc) is 3.07. The molecule has 2 heterocycles. The fraction of sp³-hybridized carbons (Fsp3) is 0.176. The molecule has 22 heavy (non-hydrogen) atoms. The number of nitrogens with one attached hydrogen (secondary N) is 1. The molecule has 4 rings (SSSR count). The molecule has 1 N–H and O–H groups in total. The van der Waals surface area contributed by atoms with Gasteiger partial charge in [-0.05, 0) is 36.2 Å². The number of ether oxygens (including phenoxy) is 1. The Hall–Kier alpha value is -2.82. The maximum Gasteiger partial charge on any atom is 0.328 e. The molecule has 0 aliphatic carbocycles. The third-order valence-corrected chi connectivity index (χ3v) is 4.00. The molecule has 0 radical (unpaired) electrons. The van der Waals surface area contributed by atoms with E-state index in [1.54, 1.807) is 11.7 Å². The van der Waals surface area contributed by atoms with E-state index >= 15 is 0 Å². The van der Waals surface area contributed by atoms with Crippen molar-refractivity contribution in [3.8, 4) is 5.75 Å². The van der Waals surface area contributed by atoms with Crippen LogP contribution in [-0.4, -0.2) is 22.7 Å². The first-order valence-electron chi connectivity index (χ1n) is 7.17. The minimum Gasteiger partial charge on any atom is -0.497 e. The normalized spacial score (nSPS) is 16.6. The lowest BCUT2D eigenvalue weighted by atomic mass is 10.1. The van der Waals surface area contributed by atoms with Gasteiger partial charge in [0.15, 0.2) is 0 Å². The molecular weight excluding hydrogens is 278 g/mol. The molecular formula is C17H15N3O2. The van der Waals surface area contributed by atoms with E-state index in [1.165, 1.54) is 0 Å². The summed E-state index contributed by atoms with van der Waals surface area (Å²) in [6.45, 7) is 0. The second-order valence-corrected chi connectivity index (χ2v) is 5.35. The lowest BCUT2D eigenvalue weighted by molar-refractivity contribution is 0.245. The maximum absolute atomic E-state index is 12.2. The van der Waals surface area contributed by atoms with Crippen LogP contribution in [0, 0.1) is 0 Å². The molecule has 2 aromatic carbocycles. The smallest absolute Gasteiger partial charge is 0.328 e. The van der Waals surface area contributed by atoms with Crippen molar-refractivity contribution >= 4 is 17.1 Å². The lowest BCUT2D eigenvalue weighted by Gasteiger charge is -2.09. The van der Waals surface area contributed by atoms with Gasteiger partial charge in [-0.15, -0.1) is 0 Å². The lowest BCUT2D eigenvalue weighted by Crippen LogP contribution is -2.22. The Labute approximate surface area is 127 Å². The molecule has 1 aliphatic heterocycles. The number of hydrogen-bond donors (Lipinski definition) is 1. The zero-order valence-electron chi connectivity index (χ0n) is 12.1. The van der Waals surface area contributed by atoms with Crippen molar-refractivity contribution < 1.29 is 9.53 Å². The van der Waals surface area contributed by atoms with E-state index in [4.69, 9.17) is 4.74 Å². The average molecular weight is 293 g/mol. The zero-order valence-corrected chi connectivity index (χ0v) is 12.1. The van der Waals surface area contributed by atoms with Crippen molar-refractivity contribution in [3.05, 3.63) is 59.9 Å². The van der Waals surface area contributed by atoms with Crippen LogP contribution in [0.5, 0.6) is 5.75 Å². The number of aromatic nitrogens is 2. The minimum atomic E-state index is -0.109. The van der Waals surface area contributed by atoms with Crippen molar-refractivity contribution in [2.45, 2.75) is 12.5 Å². The zero-order chi connectivity index (χ0) is 15.1. The highest BCUT2D eigenvalue weighted by Crippen LogP contribution is 2.28.